The predicted molar refractivity (Wildman–Crippen MR) is 85.2 cm³/mol. The zero-order valence-electron chi connectivity index (χ0n) is 13.1. The minimum Gasteiger partial charge on any atom is -0.292 e. The Bertz CT molecular complexity index is 407. The van der Waals surface area contributed by atoms with Crippen molar-refractivity contribution in [1.29, 1.82) is 0 Å². The molecule has 0 aliphatic carbocycles. The molecule has 0 saturated carbocycles. The molecule has 0 N–H and O–H groups in total. The van der Waals surface area contributed by atoms with Gasteiger partial charge in [0.2, 0.25) is 0 Å². The molecule has 0 spiro atoms. The Kier molecular flexibility index (Phi) is 6.44. The zero-order chi connectivity index (χ0) is 14.2. The normalized spacial score (nSPS) is 26.9. The van der Waals surface area contributed by atoms with E-state index in [4.69, 9.17) is 0 Å². The molecule has 2 aliphatic rings. The van der Waals surface area contributed by atoms with Gasteiger partial charge < -0.3 is 0 Å². The van der Waals surface area contributed by atoms with Gasteiger partial charge in [-0.3, -0.25) is 9.80 Å². The van der Waals surface area contributed by atoms with E-state index in [2.05, 4.69) is 40.4 Å². The molecule has 0 aromatic carbocycles. The molecule has 110 valence electrons. The molecule has 0 amide bonds. The molecule has 2 fully saturated rings. The van der Waals surface area contributed by atoms with Crippen molar-refractivity contribution in [3.05, 3.63) is 0 Å². The van der Waals surface area contributed by atoms with Crippen LogP contribution in [0, 0.1) is 35.5 Å². The highest BCUT2D eigenvalue weighted by Gasteiger charge is 2.20. The summed E-state index contributed by atoms with van der Waals surface area (Å²) in [7, 11) is 0. The Balaban J connectivity index is 1.56. The molecule has 2 saturated heterocycles. The fourth-order valence-electron chi connectivity index (χ4n) is 3.19. The smallest absolute Gasteiger partial charge is 0.0601 e. The minimum atomic E-state index is 0.842. The van der Waals surface area contributed by atoms with Crippen molar-refractivity contribution in [3.8, 4) is 23.7 Å². The molecule has 0 bridgehead atoms. The summed E-state index contributed by atoms with van der Waals surface area (Å²) in [5, 5.41) is 0. The minimum absolute atomic E-state index is 0.842. The first kappa shape index (κ1) is 15.4. The van der Waals surface area contributed by atoms with Crippen LogP contribution in [-0.2, 0) is 0 Å². The monoisotopic (exact) mass is 272 g/mol. The summed E-state index contributed by atoms with van der Waals surface area (Å²) in [4.78, 5) is 4.96. The average molecular weight is 272 g/mol. The van der Waals surface area contributed by atoms with Crippen LogP contribution in [0.2, 0.25) is 0 Å². The summed E-state index contributed by atoms with van der Waals surface area (Å²) in [6, 6.07) is 0. The molecular formula is C18H28N2. The van der Waals surface area contributed by atoms with Gasteiger partial charge in [0, 0.05) is 19.5 Å². The van der Waals surface area contributed by atoms with Crippen LogP contribution in [0.15, 0.2) is 0 Å². The third kappa shape index (κ3) is 5.20. The van der Waals surface area contributed by atoms with E-state index < -0.39 is 0 Å². The van der Waals surface area contributed by atoms with E-state index in [1.165, 1.54) is 45.4 Å². The zero-order valence-corrected chi connectivity index (χ0v) is 13.1. The van der Waals surface area contributed by atoms with Gasteiger partial charge in [0.15, 0.2) is 0 Å². The summed E-state index contributed by atoms with van der Waals surface area (Å²) in [6.07, 6.45) is 5.01. The van der Waals surface area contributed by atoms with Crippen LogP contribution in [-0.4, -0.2) is 49.1 Å². The highest BCUT2D eigenvalue weighted by atomic mass is 15.1. The highest BCUT2D eigenvalue weighted by Crippen LogP contribution is 2.20. The number of rotatable bonds is 4. The van der Waals surface area contributed by atoms with Gasteiger partial charge in [0.05, 0.1) is 13.1 Å². The Morgan fingerprint density at radius 3 is 2.45 bits per heavy atom. The first-order valence-electron chi connectivity index (χ1n) is 8.08. The second-order valence-corrected chi connectivity index (χ2v) is 6.34. The molecule has 2 atom stereocenters. The van der Waals surface area contributed by atoms with Gasteiger partial charge in [-0.2, -0.15) is 0 Å². The van der Waals surface area contributed by atoms with Gasteiger partial charge in [-0.15, -0.1) is 11.8 Å². The Labute approximate surface area is 124 Å². The molecule has 0 radical (unpaired) electrons. The van der Waals surface area contributed by atoms with Crippen molar-refractivity contribution in [2.24, 2.45) is 11.8 Å². The average Bonchev–Trinajstić information content (AvgIpc) is 3.05. The van der Waals surface area contributed by atoms with E-state index in [0.717, 1.165) is 31.3 Å². The van der Waals surface area contributed by atoms with Gasteiger partial charge in [0.25, 0.3) is 0 Å². The summed E-state index contributed by atoms with van der Waals surface area (Å²) in [6.45, 7) is 11.1. The van der Waals surface area contributed by atoms with Crippen LogP contribution in [0.5, 0.6) is 0 Å². The number of nitrogens with zero attached hydrogens (tertiary/aromatic N) is 2. The van der Waals surface area contributed by atoms with Gasteiger partial charge >= 0.3 is 0 Å². The maximum atomic E-state index is 3.37. The molecule has 2 rings (SSSR count). The maximum absolute atomic E-state index is 3.37. The molecule has 2 heteroatoms. The lowest BCUT2D eigenvalue weighted by molar-refractivity contribution is 0.359. The molecule has 2 aliphatic heterocycles. The fraction of sp³-hybridized carbons (Fsp3) is 0.778. The van der Waals surface area contributed by atoms with Crippen LogP contribution < -0.4 is 0 Å². The molecule has 0 aromatic rings. The molecular weight excluding hydrogens is 244 g/mol. The van der Waals surface area contributed by atoms with Crippen LogP contribution in [0.3, 0.4) is 0 Å². The lowest BCUT2D eigenvalue weighted by atomic mass is 10.0. The summed E-state index contributed by atoms with van der Waals surface area (Å²) in [5.41, 5.74) is 0. The number of hydrogen-bond acceptors (Lipinski definition) is 2. The highest BCUT2D eigenvalue weighted by molar-refractivity contribution is 5.03. The Morgan fingerprint density at radius 1 is 0.950 bits per heavy atom. The molecule has 2 nitrogen and oxygen atoms in total. The number of hydrogen-bond donors (Lipinski definition) is 0. The molecule has 2 heterocycles. The first-order valence-corrected chi connectivity index (χ1v) is 8.08. The van der Waals surface area contributed by atoms with Crippen LogP contribution in [0.25, 0.3) is 0 Å². The van der Waals surface area contributed by atoms with E-state index in [1.807, 2.05) is 6.92 Å². The second-order valence-electron chi connectivity index (χ2n) is 6.34. The molecule has 1 unspecified atom stereocenters. The maximum Gasteiger partial charge on any atom is 0.0601 e. The van der Waals surface area contributed by atoms with Gasteiger partial charge in [-0.1, -0.05) is 18.8 Å². The Hall–Kier alpha value is -0.960. The van der Waals surface area contributed by atoms with Crippen molar-refractivity contribution in [2.45, 2.75) is 39.5 Å². The van der Waals surface area contributed by atoms with Gasteiger partial charge in [-0.05, 0) is 51.1 Å². The van der Waals surface area contributed by atoms with E-state index in [-0.39, 0.29) is 0 Å². The summed E-state index contributed by atoms with van der Waals surface area (Å²) >= 11 is 0. The lowest BCUT2D eigenvalue weighted by Gasteiger charge is -2.11. The van der Waals surface area contributed by atoms with E-state index in [1.54, 1.807) is 0 Å². The topological polar surface area (TPSA) is 6.48 Å². The molecule has 20 heavy (non-hydrogen) atoms. The number of likely N-dealkylation sites (tertiary alicyclic amines) is 2. The van der Waals surface area contributed by atoms with Gasteiger partial charge in [-0.25, -0.2) is 0 Å². The van der Waals surface area contributed by atoms with Crippen molar-refractivity contribution >= 4 is 0 Å². The second kappa shape index (κ2) is 8.35. The lowest BCUT2D eigenvalue weighted by Crippen LogP contribution is -2.21. The standard InChI is InChI=1S/C18H28N2/c1-3-4-11-20-14-10-18(16-20)8-6-5-7-12-19-13-9-17(2)15-19/h17-18H,6,8-16H2,1-2H3/t17-,18?/m1/s1. The third-order valence-electron chi connectivity index (χ3n) is 4.46. The van der Waals surface area contributed by atoms with E-state index >= 15 is 0 Å². The largest absolute Gasteiger partial charge is 0.292 e. The predicted octanol–water partition coefficient (Wildman–Crippen LogP) is 2.46. The van der Waals surface area contributed by atoms with Crippen molar-refractivity contribution in [1.82, 2.24) is 9.80 Å². The fourth-order valence-corrected chi connectivity index (χ4v) is 3.19. The quantitative estimate of drug-likeness (QED) is 0.725. The molecule has 0 aromatic heterocycles. The van der Waals surface area contributed by atoms with Crippen molar-refractivity contribution in [2.75, 3.05) is 39.3 Å². The van der Waals surface area contributed by atoms with Crippen molar-refractivity contribution in [3.63, 3.8) is 0 Å². The van der Waals surface area contributed by atoms with Gasteiger partial charge in [0.1, 0.15) is 0 Å². The van der Waals surface area contributed by atoms with Crippen LogP contribution in [0.1, 0.15) is 39.5 Å². The van der Waals surface area contributed by atoms with E-state index in [0.29, 0.717) is 0 Å². The van der Waals surface area contributed by atoms with Crippen LogP contribution in [0.4, 0.5) is 0 Å². The van der Waals surface area contributed by atoms with Crippen molar-refractivity contribution < 1.29 is 0 Å². The van der Waals surface area contributed by atoms with E-state index in [9.17, 15) is 0 Å². The first-order chi connectivity index (χ1) is 9.78. The SMILES string of the molecule is CC#CCN1CCC(CCC#CCN2CC[C@@H](C)C2)C1. The third-order valence-corrected chi connectivity index (χ3v) is 4.46. The summed E-state index contributed by atoms with van der Waals surface area (Å²) in [5.74, 6) is 14.6. The Morgan fingerprint density at radius 2 is 1.70 bits per heavy atom. The summed E-state index contributed by atoms with van der Waals surface area (Å²) < 4.78 is 0. The van der Waals surface area contributed by atoms with Crippen LogP contribution >= 0.6 is 0 Å².